The molecule has 0 radical (unpaired) electrons. The van der Waals surface area contributed by atoms with Crippen LogP contribution in [-0.4, -0.2) is 12.1 Å². The third-order valence-electron chi connectivity index (χ3n) is 5.04. The second-order valence-corrected chi connectivity index (χ2v) is 7.71. The van der Waals surface area contributed by atoms with Gasteiger partial charge in [0, 0.05) is 12.1 Å². The van der Waals surface area contributed by atoms with Crippen LogP contribution in [0.4, 0.5) is 0 Å². The van der Waals surface area contributed by atoms with Gasteiger partial charge in [-0.25, -0.2) is 0 Å². The molecule has 2 aliphatic rings. The van der Waals surface area contributed by atoms with Crippen molar-refractivity contribution in [3.63, 3.8) is 0 Å². The molecule has 2 saturated carbocycles. The van der Waals surface area contributed by atoms with E-state index in [4.69, 9.17) is 0 Å². The fourth-order valence-corrected chi connectivity index (χ4v) is 3.71. The molecule has 0 saturated heterocycles. The lowest BCUT2D eigenvalue weighted by Gasteiger charge is -2.36. The maximum absolute atomic E-state index is 3.90. The fraction of sp³-hybridized carbons (Fsp3) is 1.00. The van der Waals surface area contributed by atoms with Gasteiger partial charge in [-0.1, -0.05) is 34.1 Å². The molecule has 0 amide bonds. The van der Waals surface area contributed by atoms with E-state index in [-0.39, 0.29) is 0 Å². The summed E-state index contributed by atoms with van der Waals surface area (Å²) in [7, 11) is 0. The molecule has 2 aliphatic carbocycles. The van der Waals surface area contributed by atoms with Gasteiger partial charge in [0.15, 0.2) is 0 Å². The highest BCUT2D eigenvalue weighted by Gasteiger charge is 2.31. The maximum Gasteiger partial charge on any atom is 0.00747 e. The van der Waals surface area contributed by atoms with E-state index in [1.54, 1.807) is 0 Å². The average molecular weight is 237 g/mol. The normalized spacial score (nSPS) is 39.5. The largest absolute Gasteiger partial charge is 0.311 e. The predicted octanol–water partition coefficient (Wildman–Crippen LogP) is 4.37. The highest BCUT2D eigenvalue weighted by Crippen LogP contribution is 2.37. The predicted molar refractivity (Wildman–Crippen MR) is 75.1 cm³/mol. The van der Waals surface area contributed by atoms with E-state index < -0.39 is 0 Å². The molecule has 1 heteroatoms. The Kier molecular flexibility index (Phi) is 4.18. The smallest absolute Gasteiger partial charge is 0.00747 e. The molecule has 0 aromatic heterocycles. The number of hydrogen-bond donors (Lipinski definition) is 1. The van der Waals surface area contributed by atoms with Crippen LogP contribution in [0.15, 0.2) is 0 Å². The first-order valence-electron chi connectivity index (χ1n) is 7.71. The van der Waals surface area contributed by atoms with Crippen molar-refractivity contribution in [3.05, 3.63) is 0 Å². The Morgan fingerprint density at radius 3 is 2.18 bits per heavy atom. The van der Waals surface area contributed by atoms with Crippen LogP contribution < -0.4 is 5.32 Å². The van der Waals surface area contributed by atoms with Crippen LogP contribution in [0, 0.1) is 17.3 Å². The van der Waals surface area contributed by atoms with Crippen molar-refractivity contribution >= 4 is 0 Å². The van der Waals surface area contributed by atoms with Crippen LogP contribution in [-0.2, 0) is 0 Å². The standard InChI is InChI=1S/C16H31N/c1-12-10-15(11-12)17-14-7-5-6-13(8-9-14)16(2,3)4/h12-15,17H,5-11H2,1-4H3. The van der Waals surface area contributed by atoms with E-state index in [0.717, 1.165) is 23.9 Å². The van der Waals surface area contributed by atoms with Gasteiger partial charge in [0.1, 0.15) is 0 Å². The molecule has 0 aliphatic heterocycles. The molecule has 0 heterocycles. The van der Waals surface area contributed by atoms with E-state index in [9.17, 15) is 0 Å². The first kappa shape index (κ1) is 13.4. The first-order valence-corrected chi connectivity index (χ1v) is 7.71. The van der Waals surface area contributed by atoms with Crippen molar-refractivity contribution in [2.24, 2.45) is 17.3 Å². The number of hydrogen-bond acceptors (Lipinski definition) is 1. The molecule has 17 heavy (non-hydrogen) atoms. The minimum absolute atomic E-state index is 0.514. The Bertz CT molecular complexity index is 234. The third-order valence-corrected chi connectivity index (χ3v) is 5.04. The summed E-state index contributed by atoms with van der Waals surface area (Å²) in [5.41, 5.74) is 0.514. The molecule has 2 unspecified atom stereocenters. The van der Waals surface area contributed by atoms with Gasteiger partial charge in [-0.2, -0.15) is 0 Å². The van der Waals surface area contributed by atoms with Crippen molar-refractivity contribution in [2.75, 3.05) is 0 Å². The molecule has 0 spiro atoms. The Morgan fingerprint density at radius 2 is 1.59 bits per heavy atom. The molecule has 2 rings (SSSR count). The average Bonchev–Trinajstić information content (AvgIpc) is 2.40. The summed E-state index contributed by atoms with van der Waals surface area (Å²) in [5, 5.41) is 3.90. The molecule has 0 bridgehead atoms. The van der Waals surface area contributed by atoms with Gasteiger partial charge >= 0.3 is 0 Å². The van der Waals surface area contributed by atoms with Crippen molar-refractivity contribution in [1.29, 1.82) is 0 Å². The van der Waals surface area contributed by atoms with Crippen molar-refractivity contribution in [1.82, 2.24) is 5.32 Å². The van der Waals surface area contributed by atoms with Crippen LogP contribution in [0.3, 0.4) is 0 Å². The Balaban J connectivity index is 1.76. The van der Waals surface area contributed by atoms with Gasteiger partial charge in [-0.05, 0) is 55.8 Å². The van der Waals surface area contributed by atoms with E-state index >= 15 is 0 Å². The van der Waals surface area contributed by atoms with Crippen molar-refractivity contribution < 1.29 is 0 Å². The molecule has 2 fully saturated rings. The van der Waals surface area contributed by atoms with Crippen LogP contribution in [0.5, 0.6) is 0 Å². The monoisotopic (exact) mass is 237 g/mol. The summed E-state index contributed by atoms with van der Waals surface area (Å²) in [5.74, 6) is 1.91. The summed E-state index contributed by atoms with van der Waals surface area (Å²) >= 11 is 0. The van der Waals surface area contributed by atoms with E-state index in [1.165, 1.54) is 44.9 Å². The zero-order valence-electron chi connectivity index (χ0n) is 12.3. The quantitative estimate of drug-likeness (QED) is 0.703. The first-order chi connectivity index (χ1) is 7.95. The maximum atomic E-state index is 3.90. The Labute approximate surface area is 108 Å². The molecule has 0 aromatic rings. The molecule has 100 valence electrons. The second kappa shape index (κ2) is 5.30. The fourth-order valence-electron chi connectivity index (χ4n) is 3.71. The molecule has 0 aromatic carbocycles. The van der Waals surface area contributed by atoms with E-state index in [1.807, 2.05) is 0 Å². The minimum atomic E-state index is 0.514. The van der Waals surface area contributed by atoms with Gasteiger partial charge in [-0.3, -0.25) is 0 Å². The van der Waals surface area contributed by atoms with Crippen LogP contribution in [0.25, 0.3) is 0 Å². The number of nitrogens with one attached hydrogen (secondary N) is 1. The SMILES string of the molecule is CC1CC(NC2CCCC(C(C)(C)C)CC2)C1. The third kappa shape index (κ3) is 3.71. The van der Waals surface area contributed by atoms with Gasteiger partial charge in [0.25, 0.3) is 0 Å². The van der Waals surface area contributed by atoms with Crippen LogP contribution >= 0.6 is 0 Å². The van der Waals surface area contributed by atoms with Crippen molar-refractivity contribution in [2.45, 2.75) is 84.7 Å². The van der Waals surface area contributed by atoms with Gasteiger partial charge < -0.3 is 5.32 Å². The molecular weight excluding hydrogens is 206 g/mol. The van der Waals surface area contributed by atoms with Crippen LogP contribution in [0.1, 0.15) is 72.6 Å². The van der Waals surface area contributed by atoms with Crippen molar-refractivity contribution in [3.8, 4) is 0 Å². The lowest BCUT2D eigenvalue weighted by Crippen LogP contribution is -2.45. The summed E-state index contributed by atoms with van der Waals surface area (Å²) in [6.07, 6.45) is 9.97. The molecular formula is C16H31N. The summed E-state index contributed by atoms with van der Waals surface area (Å²) in [6.45, 7) is 9.62. The second-order valence-electron chi connectivity index (χ2n) is 7.71. The van der Waals surface area contributed by atoms with Gasteiger partial charge in [-0.15, -0.1) is 0 Å². The summed E-state index contributed by atoms with van der Waals surface area (Å²) in [4.78, 5) is 0. The van der Waals surface area contributed by atoms with E-state index in [0.29, 0.717) is 5.41 Å². The van der Waals surface area contributed by atoms with Gasteiger partial charge in [0.05, 0.1) is 0 Å². The minimum Gasteiger partial charge on any atom is -0.311 e. The van der Waals surface area contributed by atoms with Crippen LogP contribution in [0.2, 0.25) is 0 Å². The lowest BCUT2D eigenvalue weighted by atomic mass is 9.76. The molecule has 1 nitrogen and oxygen atoms in total. The van der Waals surface area contributed by atoms with Gasteiger partial charge in [0.2, 0.25) is 0 Å². The number of rotatable bonds is 2. The Hall–Kier alpha value is -0.0400. The summed E-state index contributed by atoms with van der Waals surface area (Å²) in [6, 6.07) is 1.67. The topological polar surface area (TPSA) is 12.0 Å². The zero-order chi connectivity index (χ0) is 12.5. The highest BCUT2D eigenvalue weighted by molar-refractivity contribution is 4.87. The lowest BCUT2D eigenvalue weighted by molar-refractivity contribution is 0.202. The zero-order valence-corrected chi connectivity index (χ0v) is 12.3. The highest BCUT2D eigenvalue weighted by atomic mass is 15.0. The Morgan fingerprint density at radius 1 is 0.882 bits per heavy atom. The summed E-state index contributed by atoms with van der Waals surface area (Å²) < 4.78 is 0. The molecule has 1 N–H and O–H groups in total. The van der Waals surface area contributed by atoms with E-state index in [2.05, 4.69) is 33.0 Å². The molecule has 2 atom stereocenters.